The van der Waals surface area contributed by atoms with Crippen molar-refractivity contribution in [3.8, 4) is 11.3 Å². The second-order valence-electron chi connectivity index (χ2n) is 3.62. The average Bonchev–Trinajstić information content (AvgIpc) is 2.42. The van der Waals surface area contributed by atoms with Gasteiger partial charge in [0.15, 0.2) is 0 Å². The Morgan fingerprint density at radius 1 is 1.11 bits per heavy atom. The van der Waals surface area contributed by atoms with Crippen LogP contribution in [-0.2, 0) is 4.74 Å². The Bertz CT molecular complexity index is 644. The number of hydrogen-bond acceptors (Lipinski definition) is 3. The zero-order valence-corrected chi connectivity index (χ0v) is 12.1. The van der Waals surface area contributed by atoms with E-state index in [0.29, 0.717) is 26.3 Å². The minimum absolute atomic E-state index is 0.151. The SMILES string of the molecule is COC(=O)c1ccc(Cl)c(-c2cccc(Cl)c2Cl)n1. The predicted octanol–water partition coefficient (Wildman–Crippen LogP) is 4.50. The summed E-state index contributed by atoms with van der Waals surface area (Å²) < 4.78 is 4.62. The van der Waals surface area contributed by atoms with Crippen LogP contribution in [0.4, 0.5) is 0 Å². The van der Waals surface area contributed by atoms with Crippen molar-refractivity contribution in [3.05, 3.63) is 51.1 Å². The van der Waals surface area contributed by atoms with Crippen LogP contribution in [0, 0.1) is 0 Å². The molecule has 0 atom stereocenters. The molecule has 0 aliphatic heterocycles. The molecule has 0 spiro atoms. The Kier molecular flexibility index (Phi) is 4.30. The van der Waals surface area contributed by atoms with Gasteiger partial charge in [-0.15, -0.1) is 0 Å². The summed E-state index contributed by atoms with van der Waals surface area (Å²) in [7, 11) is 1.28. The molecular weight excluding hydrogens is 309 g/mol. The second kappa shape index (κ2) is 5.78. The highest BCUT2D eigenvalue weighted by Crippen LogP contribution is 2.35. The molecule has 0 N–H and O–H groups in total. The van der Waals surface area contributed by atoms with Crippen LogP contribution in [0.15, 0.2) is 30.3 Å². The van der Waals surface area contributed by atoms with Crippen LogP contribution in [-0.4, -0.2) is 18.1 Å². The molecule has 1 heterocycles. The van der Waals surface area contributed by atoms with E-state index < -0.39 is 5.97 Å². The second-order valence-corrected chi connectivity index (χ2v) is 4.81. The van der Waals surface area contributed by atoms with Crippen LogP contribution >= 0.6 is 34.8 Å². The van der Waals surface area contributed by atoms with Gasteiger partial charge in [-0.1, -0.05) is 46.9 Å². The third-order valence-electron chi connectivity index (χ3n) is 2.45. The lowest BCUT2D eigenvalue weighted by atomic mass is 10.1. The van der Waals surface area contributed by atoms with Gasteiger partial charge in [0.2, 0.25) is 0 Å². The smallest absolute Gasteiger partial charge is 0.356 e. The Morgan fingerprint density at radius 2 is 1.84 bits per heavy atom. The fourth-order valence-corrected chi connectivity index (χ4v) is 2.13. The number of carbonyl (C=O) groups is 1. The third kappa shape index (κ3) is 2.84. The number of methoxy groups -OCH3 is 1. The van der Waals surface area contributed by atoms with E-state index in [1.165, 1.54) is 13.2 Å². The number of hydrogen-bond donors (Lipinski definition) is 0. The summed E-state index contributed by atoms with van der Waals surface area (Å²) in [6.45, 7) is 0. The summed E-state index contributed by atoms with van der Waals surface area (Å²) in [5.41, 5.74) is 1.10. The maximum Gasteiger partial charge on any atom is 0.356 e. The van der Waals surface area contributed by atoms with E-state index in [0.717, 1.165) is 0 Å². The summed E-state index contributed by atoms with van der Waals surface area (Å²) in [4.78, 5) is 15.6. The zero-order chi connectivity index (χ0) is 14.0. The molecule has 0 bridgehead atoms. The zero-order valence-electron chi connectivity index (χ0n) is 9.78. The van der Waals surface area contributed by atoms with Gasteiger partial charge >= 0.3 is 5.97 Å². The molecule has 2 aromatic rings. The number of rotatable bonds is 2. The van der Waals surface area contributed by atoms with Crippen molar-refractivity contribution in [2.75, 3.05) is 7.11 Å². The van der Waals surface area contributed by atoms with Crippen LogP contribution in [0.3, 0.4) is 0 Å². The summed E-state index contributed by atoms with van der Waals surface area (Å²) in [5, 5.41) is 1.10. The molecule has 1 aromatic carbocycles. The van der Waals surface area contributed by atoms with Crippen molar-refractivity contribution < 1.29 is 9.53 Å². The largest absolute Gasteiger partial charge is 0.464 e. The first-order chi connectivity index (χ1) is 9.04. The Hall–Kier alpha value is -1.29. The summed E-state index contributed by atoms with van der Waals surface area (Å²) in [5.74, 6) is -0.545. The van der Waals surface area contributed by atoms with E-state index in [1.54, 1.807) is 24.3 Å². The van der Waals surface area contributed by atoms with Crippen molar-refractivity contribution in [2.24, 2.45) is 0 Å². The number of carbonyl (C=O) groups excluding carboxylic acids is 1. The molecule has 0 saturated heterocycles. The van der Waals surface area contributed by atoms with E-state index in [2.05, 4.69) is 9.72 Å². The first kappa shape index (κ1) is 14.1. The Labute approximate surface area is 125 Å². The molecule has 0 aliphatic rings. The molecule has 0 amide bonds. The molecule has 6 heteroatoms. The molecule has 0 aliphatic carbocycles. The first-order valence-electron chi connectivity index (χ1n) is 5.24. The molecule has 98 valence electrons. The van der Waals surface area contributed by atoms with Crippen LogP contribution < -0.4 is 0 Å². The van der Waals surface area contributed by atoms with Crippen LogP contribution in [0.25, 0.3) is 11.3 Å². The molecule has 0 unspecified atom stereocenters. The topological polar surface area (TPSA) is 39.2 Å². The van der Waals surface area contributed by atoms with Crippen molar-refractivity contribution in [2.45, 2.75) is 0 Å². The Balaban J connectivity index is 2.61. The van der Waals surface area contributed by atoms with Gasteiger partial charge in [0.25, 0.3) is 0 Å². The minimum Gasteiger partial charge on any atom is -0.464 e. The minimum atomic E-state index is -0.545. The predicted molar refractivity (Wildman–Crippen MR) is 76.0 cm³/mol. The van der Waals surface area contributed by atoms with Crippen LogP contribution in [0.1, 0.15) is 10.5 Å². The van der Waals surface area contributed by atoms with Gasteiger partial charge in [-0.2, -0.15) is 0 Å². The van der Waals surface area contributed by atoms with E-state index in [1.807, 2.05) is 0 Å². The molecule has 1 aromatic heterocycles. The van der Waals surface area contributed by atoms with Gasteiger partial charge in [-0.25, -0.2) is 9.78 Å². The maximum atomic E-state index is 11.5. The monoisotopic (exact) mass is 315 g/mol. The lowest BCUT2D eigenvalue weighted by Gasteiger charge is -2.08. The fourth-order valence-electron chi connectivity index (χ4n) is 1.54. The molecule has 3 nitrogen and oxygen atoms in total. The summed E-state index contributed by atoms with van der Waals surface area (Å²) >= 11 is 18.2. The number of ether oxygens (including phenoxy) is 1. The van der Waals surface area contributed by atoms with E-state index >= 15 is 0 Å². The standard InChI is InChI=1S/C13H8Cl3NO2/c1-19-13(18)10-6-5-9(15)12(17-10)7-3-2-4-8(14)11(7)16/h2-6H,1H3. The summed E-state index contributed by atoms with van der Waals surface area (Å²) in [6.07, 6.45) is 0. The number of aromatic nitrogens is 1. The molecule has 0 fully saturated rings. The molecule has 0 saturated carbocycles. The van der Waals surface area contributed by atoms with Crippen molar-refractivity contribution >= 4 is 40.8 Å². The number of pyridine rings is 1. The highest BCUT2D eigenvalue weighted by atomic mass is 35.5. The quantitative estimate of drug-likeness (QED) is 0.766. The molecular formula is C13H8Cl3NO2. The van der Waals surface area contributed by atoms with Crippen molar-refractivity contribution in [1.82, 2.24) is 4.98 Å². The maximum absolute atomic E-state index is 11.5. The van der Waals surface area contributed by atoms with Gasteiger partial charge in [0, 0.05) is 5.56 Å². The first-order valence-corrected chi connectivity index (χ1v) is 6.37. The lowest BCUT2D eigenvalue weighted by molar-refractivity contribution is 0.0594. The third-order valence-corrected chi connectivity index (χ3v) is 3.57. The highest BCUT2D eigenvalue weighted by Gasteiger charge is 2.15. The molecule has 2 rings (SSSR count). The van der Waals surface area contributed by atoms with Gasteiger partial charge < -0.3 is 4.74 Å². The highest BCUT2D eigenvalue weighted by molar-refractivity contribution is 6.44. The van der Waals surface area contributed by atoms with Crippen LogP contribution in [0.5, 0.6) is 0 Å². The fraction of sp³-hybridized carbons (Fsp3) is 0.0769. The van der Waals surface area contributed by atoms with E-state index in [9.17, 15) is 4.79 Å². The van der Waals surface area contributed by atoms with Crippen molar-refractivity contribution in [3.63, 3.8) is 0 Å². The van der Waals surface area contributed by atoms with Crippen molar-refractivity contribution in [1.29, 1.82) is 0 Å². The van der Waals surface area contributed by atoms with E-state index in [4.69, 9.17) is 34.8 Å². The Morgan fingerprint density at radius 3 is 2.53 bits per heavy atom. The number of benzene rings is 1. The number of esters is 1. The van der Waals surface area contributed by atoms with Gasteiger partial charge in [0.05, 0.1) is 27.9 Å². The van der Waals surface area contributed by atoms with Gasteiger partial charge in [-0.05, 0) is 18.2 Å². The number of nitrogens with zero attached hydrogens (tertiary/aromatic N) is 1. The van der Waals surface area contributed by atoms with Crippen LogP contribution in [0.2, 0.25) is 15.1 Å². The van der Waals surface area contributed by atoms with E-state index in [-0.39, 0.29) is 5.69 Å². The molecule has 19 heavy (non-hydrogen) atoms. The summed E-state index contributed by atoms with van der Waals surface area (Å²) in [6, 6.07) is 8.16. The number of halogens is 3. The van der Waals surface area contributed by atoms with Gasteiger partial charge in [0.1, 0.15) is 5.69 Å². The normalized spacial score (nSPS) is 10.3. The molecule has 0 radical (unpaired) electrons. The van der Waals surface area contributed by atoms with Gasteiger partial charge in [-0.3, -0.25) is 0 Å². The lowest BCUT2D eigenvalue weighted by Crippen LogP contribution is -2.05. The average molecular weight is 317 g/mol.